The van der Waals surface area contributed by atoms with Gasteiger partial charge in [-0.1, -0.05) is 6.07 Å². The van der Waals surface area contributed by atoms with Crippen molar-refractivity contribution in [2.75, 3.05) is 17.4 Å². The number of pyridine rings is 1. The molecule has 7 nitrogen and oxygen atoms in total. The second-order valence-electron chi connectivity index (χ2n) is 6.34. The van der Waals surface area contributed by atoms with Crippen LogP contribution in [0.5, 0.6) is 11.5 Å². The van der Waals surface area contributed by atoms with E-state index in [2.05, 4.69) is 15.6 Å². The van der Waals surface area contributed by atoms with Crippen LogP contribution in [0.15, 0.2) is 54.6 Å². The van der Waals surface area contributed by atoms with E-state index in [0.717, 1.165) is 6.07 Å². The number of hydrogen-bond donors (Lipinski definition) is 2. The van der Waals surface area contributed by atoms with E-state index in [1.165, 1.54) is 18.2 Å². The van der Waals surface area contributed by atoms with Crippen LogP contribution < -0.4 is 20.1 Å². The number of hydrogen-bond acceptors (Lipinski definition) is 5. The molecule has 8 heteroatoms. The molecule has 0 saturated carbocycles. The molecule has 1 aliphatic heterocycles. The van der Waals surface area contributed by atoms with Crippen LogP contribution in [0.2, 0.25) is 0 Å². The van der Waals surface area contributed by atoms with Gasteiger partial charge >= 0.3 is 0 Å². The number of nitrogens with zero attached hydrogens (tertiary/aromatic N) is 1. The van der Waals surface area contributed by atoms with E-state index < -0.39 is 17.6 Å². The molecule has 1 aromatic heterocycles. The predicted molar refractivity (Wildman–Crippen MR) is 104 cm³/mol. The molecule has 0 aliphatic carbocycles. The maximum absolute atomic E-state index is 14.2. The third kappa shape index (κ3) is 4.01. The quantitative estimate of drug-likeness (QED) is 0.704. The molecule has 0 spiro atoms. The number of anilines is 2. The van der Waals surface area contributed by atoms with Crippen LogP contribution >= 0.6 is 0 Å². The fraction of sp³-hybridized carbons (Fsp3) is 0.0952. The molecule has 3 aromatic rings. The average molecular weight is 393 g/mol. The van der Waals surface area contributed by atoms with Gasteiger partial charge < -0.3 is 20.1 Å². The third-order valence-electron chi connectivity index (χ3n) is 4.23. The van der Waals surface area contributed by atoms with Crippen molar-refractivity contribution in [1.29, 1.82) is 0 Å². The molecule has 0 saturated heterocycles. The van der Waals surface area contributed by atoms with Gasteiger partial charge in [-0.25, -0.2) is 9.37 Å². The number of aromatic nitrogens is 1. The Hall–Kier alpha value is -3.94. The molecule has 0 unspecified atom stereocenters. The van der Waals surface area contributed by atoms with Crippen LogP contribution in [0.1, 0.15) is 26.5 Å². The molecule has 0 atom stereocenters. The summed E-state index contributed by atoms with van der Waals surface area (Å²) in [5, 5.41) is 5.15. The van der Waals surface area contributed by atoms with Crippen molar-refractivity contribution in [2.45, 2.75) is 6.92 Å². The first-order chi connectivity index (χ1) is 14.0. The van der Waals surface area contributed by atoms with Crippen molar-refractivity contribution in [1.82, 2.24) is 4.98 Å². The van der Waals surface area contributed by atoms with Crippen molar-refractivity contribution < 1.29 is 23.5 Å². The maximum atomic E-state index is 14.2. The molecule has 29 heavy (non-hydrogen) atoms. The summed E-state index contributed by atoms with van der Waals surface area (Å²) < 4.78 is 24.6. The van der Waals surface area contributed by atoms with Gasteiger partial charge in [-0.15, -0.1) is 0 Å². The van der Waals surface area contributed by atoms with Gasteiger partial charge in [0.25, 0.3) is 11.8 Å². The smallest absolute Gasteiger partial charge is 0.274 e. The van der Waals surface area contributed by atoms with Gasteiger partial charge in [-0.3, -0.25) is 9.59 Å². The average Bonchev–Trinajstić information content (AvgIpc) is 3.18. The van der Waals surface area contributed by atoms with Crippen LogP contribution in [0.3, 0.4) is 0 Å². The van der Waals surface area contributed by atoms with Gasteiger partial charge in [0.15, 0.2) is 11.5 Å². The second-order valence-corrected chi connectivity index (χ2v) is 6.34. The number of fused-ring (bicyclic) bond motifs is 1. The van der Waals surface area contributed by atoms with E-state index in [0.29, 0.717) is 28.4 Å². The first kappa shape index (κ1) is 18.4. The summed E-state index contributed by atoms with van der Waals surface area (Å²) in [7, 11) is 0. The largest absolute Gasteiger partial charge is 0.454 e. The predicted octanol–water partition coefficient (Wildman–Crippen LogP) is 3.76. The fourth-order valence-electron chi connectivity index (χ4n) is 2.80. The van der Waals surface area contributed by atoms with E-state index >= 15 is 0 Å². The molecule has 0 bridgehead atoms. The lowest BCUT2D eigenvalue weighted by molar-refractivity contribution is 0.101. The first-order valence-corrected chi connectivity index (χ1v) is 8.75. The van der Waals surface area contributed by atoms with Crippen molar-refractivity contribution in [3.8, 4) is 11.5 Å². The molecule has 1 aliphatic rings. The Morgan fingerprint density at radius 1 is 0.966 bits per heavy atom. The van der Waals surface area contributed by atoms with E-state index in [-0.39, 0.29) is 18.2 Å². The standard InChI is InChI=1S/C21H16FN3O4/c1-12-3-2-4-16(23-12)21(27)25-17-10-14(6-7-15(17)22)24-20(26)13-5-8-18-19(9-13)29-11-28-18/h2-10H,11H2,1H3,(H,24,26)(H,25,27). The van der Waals surface area contributed by atoms with Gasteiger partial charge in [0, 0.05) is 16.9 Å². The zero-order valence-electron chi connectivity index (χ0n) is 15.4. The summed E-state index contributed by atoms with van der Waals surface area (Å²) in [4.78, 5) is 28.9. The van der Waals surface area contributed by atoms with Crippen LogP contribution in [-0.2, 0) is 0 Å². The van der Waals surface area contributed by atoms with Gasteiger partial charge in [-0.2, -0.15) is 0 Å². The SMILES string of the molecule is Cc1cccc(C(=O)Nc2cc(NC(=O)c3ccc4c(c3)OCO4)ccc2F)n1. The lowest BCUT2D eigenvalue weighted by atomic mass is 10.1. The van der Waals surface area contributed by atoms with Gasteiger partial charge in [0.2, 0.25) is 6.79 Å². The molecule has 2 amide bonds. The third-order valence-corrected chi connectivity index (χ3v) is 4.23. The molecule has 0 radical (unpaired) electrons. The number of amides is 2. The van der Waals surface area contributed by atoms with E-state index in [4.69, 9.17) is 9.47 Å². The number of benzene rings is 2. The molecule has 2 heterocycles. The number of ether oxygens (including phenoxy) is 2. The summed E-state index contributed by atoms with van der Waals surface area (Å²) in [6.07, 6.45) is 0. The Morgan fingerprint density at radius 3 is 2.62 bits per heavy atom. The second kappa shape index (κ2) is 7.59. The summed E-state index contributed by atoms with van der Waals surface area (Å²) in [5.74, 6) is -0.542. The molecule has 146 valence electrons. The Kier molecular flexibility index (Phi) is 4.82. The topological polar surface area (TPSA) is 89.6 Å². The van der Waals surface area contributed by atoms with Gasteiger partial charge in [0.05, 0.1) is 5.69 Å². The number of aryl methyl sites for hydroxylation is 1. The number of carbonyl (C=O) groups excluding carboxylic acids is 2. The van der Waals surface area contributed by atoms with Crippen molar-refractivity contribution in [2.24, 2.45) is 0 Å². The summed E-state index contributed by atoms with van der Waals surface area (Å²) in [6.45, 7) is 1.86. The molecule has 2 aromatic carbocycles. The highest BCUT2D eigenvalue weighted by Crippen LogP contribution is 2.32. The van der Waals surface area contributed by atoms with Crippen molar-refractivity contribution >= 4 is 23.2 Å². The van der Waals surface area contributed by atoms with Crippen molar-refractivity contribution in [3.63, 3.8) is 0 Å². The number of rotatable bonds is 4. The minimum atomic E-state index is -0.632. The molecular weight excluding hydrogens is 377 g/mol. The normalized spacial score (nSPS) is 11.8. The summed E-state index contributed by atoms with van der Waals surface area (Å²) >= 11 is 0. The van der Waals surface area contributed by atoms with Gasteiger partial charge in [-0.05, 0) is 55.5 Å². The Labute approximate surface area is 165 Å². The van der Waals surface area contributed by atoms with Crippen LogP contribution in [0.4, 0.5) is 15.8 Å². The molecular formula is C21H16FN3O4. The molecule has 2 N–H and O–H groups in total. The van der Waals surface area contributed by atoms with Crippen molar-refractivity contribution in [3.05, 3.63) is 77.4 Å². The van der Waals surface area contributed by atoms with Crippen LogP contribution in [-0.4, -0.2) is 23.6 Å². The van der Waals surface area contributed by atoms with Gasteiger partial charge in [0.1, 0.15) is 11.5 Å². The fourth-order valence-corrected chi connectivity index (χ4v) is 2.80. The minimum absolute atomic E-state index is 0.0678. The van der Waals surface area contributed by atoms with Crippen LogP contribution in [0, 0.1) is 12.7 Å². The Bertz CT molecular complexity index is 1120. The van der Waals surface area contributed by atoms with E-state index in [9.17, 15) is 14.0 Å². The van der Waals surface area contributed by atoms with E-state index in [1.807, 2.05) is 0 Å². The zero-order chi connectivity index (χ0) is 20.4. The Balaban J connectivity index is 1.50. The number of carbonyl (C=O) groups is 2. The minimum Gasteiger partial charge on any atom is -0.454 e. The van der Waals surface area contributed by atoms with Crippen LogP contribution in [0.25, 0.3) is 0 Å². The monoisotopic (exact) mass is 393 g/mol. The van der Waals surface area contributed by atoms with E-state index in [1.54, 1.807) is 37.3 Å². The first-order valence-electron chi connectivity index (χ1n) is 8.75. The molecule has 4 rings (SSSR count). The highest BCUT2D eigenvalue weighted by Gasteiger charge is 2.17. The highest BCUT2D eigenvalue weighted by atomic mass is 19.1. The summed E-state index contributed by atoms with van der Waals surface area (Å²) in [5.41, 5.74) is 1.44. The Morgan fingerprint density at radius 2 is 1.79 bits per heavy atom. The number of nitrogens with one attached hydrogen (secondary N) is 2. The zero-order valence-corrected chi connectivity index (χ0v) is 15.4. The molecule has 0 fully saturated rings. The lowest BCUT2D eigenvalue weighted by Gasteiger charge is -2.10. The summed E-state index contributed by atoms with van der Waals surface area (Å²) in [6, 6.07) is 13.7. The highest BCUT2D eigenvalue weighted by molar-refractivity contribution is 6.06. The maximum Gasteiger partial charge on any atom is 0.274 e. The lowest BCUT2D eigenvalue weighted by Crippen LogP contribution is -2.16. The number of halogens is 1.